The van der Waals surface area contributed by atoms with Gasteiger partial charge in [0.05, 0.1) is 19.8 Å². The van der Waals surface area contributed by atoms with Crippen LogP contribution < -0.4 is 0 Å². The summed E-state index contributed by atoms with van der Waals surface area (Å²) in [6.45, 7) is 0.375. The molecular weight excluding hydrogens is 288 g/mol. The molecule has 0 aliphatic rings. The van der Waals surface area contributed by atoms with Crippen LogP contribution in [-0.4, -0.2) is 36.9 Å². The van der Waals surface area contributed by atoms with E-state index in [1.807, 2.05) is 6.07 Å². The number of benzene rings is 2. The Labute approximate surface area is 128 Å². The molecule has 0 aromatic heterocycles. The standard InChI is InChI=1S/C8H8O3.C6H6O.C2H4O2/c1-11-8(10)6-2-4-7(9)5-3-6;7-6-4-2-1-3-5-6;1-4-2-3/h2-5,9H,1H3;1-5,7H;2H,1H3. The molecule has 0 spiro atoms. The van der Waals surface area contributed by atoms with Crippen molar-refractivity contribution < 1.29 is 29.3 Å². The lowest BCUT2D eigenvalue weighted by molar-refractivity contribution is -0.126. The number of phenolic OH excluding ortho intramolecular Hbond substituents is 2. The zero-order valence-corrected chi connectivity index (χ0v) is 12.3. The number of esters is 1. The lowest BCUT2D eigenvalue weighted by Crippen LogP contribution is -1.99. The van der Waals surface area contributed by atoms with Crippen molar-refractivity contribution in [1.29, 1.82) is 0 Å². The first-order valence-electron chi connectivity index (χ1n) is 6.13. The summed E-state index contributed by atoms with van der Waals surface area (Å²) in [5, 5.41) is 17.5. The maximum Gasteiger partial charge on any atom is 0.337 e. The average Bonchev–Trinajstić information content (AvgIpc) is 2.56. The van der Waals surface area contributed by atoms with Crippen LogP contribution in [0.25, 0.3) is 0 Å². The fourth-order valence-corrected chi connectivity index (χ4v) is 1.14. The Balaban J connectivity index is 0.000000343. The van der Waals surface area contributed by atoms with E-state index in [0.29, 0.717) is 17.8 Å². The Kier molecular flexibility index (Phi) is 10.2. The van der Waals surface area contributed by atoms with Crippen molar-refractivity contribution in [2.45, 2.75) is 0 Å². The highest BCUT2D eigenvalue weighted by Gasteiger charge is 2.02. The molecule has 0 amide bonds. The Morgan fingerprint density at radius 3 is 1.68 bits per heavy atom. The molecule has 2 N–H and O–H groups in total. The number of para-hydroxylation sites is 1. The average molecular weight is 306 g/mol. The number of rotatable bonds is 2. The summed E-state index contributed by atoms with van der Waals surface area (Å²) in [4.78, 5) is 19.8. The first-order chi connectivity index (χ1) is 10.5. The molecule has 118 valence electrons. The van der Waals surface area contributed by atoms with E-state index in [9.17, 15) is 4.79 Å². The van der Waals surface area contributed by atoms with E-state index in [1.54, 1.807) is 24.3 Å². The monoisotopic (exact) mass is 306 g/mol. The maximum atomic E-state index is 10.8. The molecule has 6 heteroatoms. The molecule has 0 fully saturated rings. The second kappa shape index (κ2) is 11.8. The Morgan fingerprint density at radius 2 is 1.36 bits per heavy atom. The smallest absolute Gasteiger partial charge is 0.337 e. The second-order valence-corrected chi connectivity index (χ2v) is 3.71. The van der Waals surface area contributed by atoms with Gasteiger partial charge in [0.25, 0.3) is 6.47 Å². The number of phenols is 2. The fraction of sp³-hybridized carbons (Fsp3) is 0.125. The number of aromatic hydroxyl groups is 2. The van der Waals surface area contributed by atoms with Crippen LogP contribution in [0.3, 0.4) is 0 Å². The van der Waals surface area contributed by atoms with Crippen molar-refractivity contribution in [2.75, 3.05) is 14.2 Å². The van der Waals surface area contributed by atoms with E-state index in [2.05, 4.69) is 9.47 Å². The first-order valence-corrected chi connectivity index (χ1v) is 6.13. The van der Waals surface area contributed by atoms with E-state index >= 15 is 0 Å². The summed E-state index contributed by atoms with van der Waals surface area (Å²) in [7, 11) is 2.63. The largest absolute Gasteiger partial charge is 0.508 e. The summed E-state index contributed by atoms with van der Waals surface area (Å²) in [6.07, 6.45) is 0. The van der Waals surface area contributed by atoms with Crippen LogP contribution >= 0.6 is 0 Å². The van der Waals surface area contributed by atoms with Crippen molar-refractivity contribution in [1.82, 2.24) is 0 Å². The van der Waals surface area contributed by atoms with Crippen LogP contribution in [-0.2, 0) is 14.3 Å². The minimum atomic E-state index is -0.398. The molecule has 22 heavy (non-hydrogen) atoms. The van der Waals surface area contributed by atoms with Gasteiger partial charge in [-0.05, 0) is 36.4 Å². The third-order valence-electron chi connectivity index (χ3n) is 2.14. The molecule has 2 aromatic rings. The van der Waals surface area contributed by atoms with Crippen molar-refractivity contribution in [2.24, 2.45) is 0 Å². The number of hydrogen-bond acceptors (Lipinski definition) is 6. The SMILES string of the molecule is COC(=O)c1ccc(O)cc1.COC=O.Oc1ccccc1. The minimum Gasteiger partial charge on any atom is -0.508 e. The van der Waals surface area contributed by atoms with Gasteiger partial charge in [-0.25, -0.2) is 4.79 Å². The van der Waals surface area contributed by atoms with Gasteiger partial charge in [-0.15, -0.1) is 0 Å². The molecule has 2 rings (SSSR count). The van der Waals surface area contributed by atoms with Gasteiger partial charge in [0, 0.05) is 0 Å². The molecule has 0 heterocycles. The summed E-state index contributed by atoms with van der Waals surface area (Å²) in [5.74, 6) is 0.0603. The third kappa shape index (κ3) is 8.98. The van der Waals surface area contributed by atoms with E-state index < -0.39 is 5.97 Å². The number of methoxy groups -OCH3 is 2. The maximum absolute atomic E-state index is 10.8. The van der Waals surface area contributed by atoms with Crippen molar-refractivity contribution >= 4 is 12.4 Å². The predicted molar refractivity (Wildman–Crippen MR) is 80.6 cm³/mol. The Hall–Kier alpha value is -3.02. The normalized spacial score (nSPS) is 8.27. The summed E-state index contributed by atoms with van der Waals surface area (Å²) in [6, 6.07) is 14.6. The van der Waals surface area contributed by atoms with Gasteiger partial charge in [0.1, 0.15) is 11.5 Å². The predicted octanol–water partition coefficient (Wildman–Crippen LogP) is 2.36. The van der Waals surface area contributed by atoms with Gasteiger partial charge in [0.15, 0.2) is 0 Å². The van der Waals surface area contributed by atoms with Gasteiger partial charge in [-0.3, -0.25) is 4.79 Å². The van der Waals surface area contributed by atoms with E-state index in [-0.39, 0.29) is 5.75 Å². The highest BCUT2D eigenvalue weighted by Crippen LogP contribution is 2.09. The molecule has 0 aliphatic heterocycles. The number of carbonyl (C=O) groups is 2. The summed E-state index contributed by atoms with van der Waals surface area (Å²) < 4.78 is 8.32. The quantitative estimate of drug-likeness (QED) is 0.653. The highest BCUT2D eigenvalue weighted by molar-refractivity contribution is 5.89. The van der Waals surface area contributed by atoms with Gasteiger partial charge in [0.2, 0.25) is 0 Å². The first kappa shape index (κ1) is 19.0. The van der Waals surface area contributed by atoms with E-state index in [0.717, 1.165) is 0 Å². The van der Waals surface area contributed by atoms with E-state index in [4.69, 9.17) is 15.0 Å². The van der Waals surface area contributed by atoms with Gasteiger partial charge < -0.3 is 19.7 Å². The Morgan fingerprint density at radius 1 is 0.909 bits per heavy atom. The summed E-state index contributed by atoms with van der Waals surface area (Å²) >= 11 is 0. The van der Waals surface area contributed by atoms with Gasteiger partial charge in [-0.2, -0.15) is 0 Å². The molecular formula is C16H18O6. The van der Waals surface area contributed by atoms with Crippen molar-refractivity contribution in [3.8, 4) is 11.5 Å². The van der Waals surface area contributed by atoms with Crippen LogP contribution in [0.15, 0.2) is 54.6 Å². The highest BCUT2D eigenvalue weighted by atomic mass is 16.5. The molecule has 0 unspecified atom stereocenters. The number of hydrogen-bond donors (Lipinski definition) is 2. The molecule has 0 bridgehead atoms. The fourth-order valence-electron chi connectivity index (χ4n) is 1.14. The molecule has 0 saturated heterocycles. The van der Waals surface area contributed by atoms with E-state index in [1.165, 1.54) is 38.5 Å². The van der Waals surface area contributed by atoms with Gasteiger partial charge in [-0.1, -0.05) is 18.2 Å². The topological polar surface area (TPSA) is 93.1 Å². The van der Waals surface area contributed by atoms with Crippen LogP contribution in [0.2, 0.25) is 0 Å². The molecule has 0 radical (unpaired) electrons. The number of ether oxygens (including phenoxy) is 2. The molecule has 0 aliphatic carbocycles. The molecule has 0 atom stereocenters. The summed E-state index contributed by atoms with van der Waals surface area (Å²) in [5.41, 5.74) is 0.435. The zero-order chi connectivity index (χ0) is 16.8. The Bertz CT molecular complexity index is 536. The van der Waals surface area contributed by atoms with Crippen LogP contribution in [0.4, 0.5) is 0 Å². The lowest BCUT2D eigenvalue weighted by Gasteiger charge is -1.97. The number of carbonyl (C=O) groups excluding carboxylic acids is 2. The van der Waals surface area contributed by atoms with Crippen LogP contribution in [0, 0.1) is 0 Å². The van der Waals surface area contributed by atoms with Crippen LogP contribution in [0.5, 0.6) is 11.5 Å². The minimum absolute atomic E-state index is 0.137. The molecule has 0 saturated carbocycles. The lowest BCUT2D eigenvalue weighted by atomic mass is 10.2. The van der Waals surface area contributed by atoms with Crippen LogP contribution in [0.1, 0.15) is 10.4 Å². The second-order valence-electron chi connectivity index (χ2n) is 3.71. The van der Waals surface area contributed by atoms with Gasteiger partial charge >= 0.3 is 5.97 Å². The molecule has 2 aromatic carbocycles. The molecule has 6 nitrogen and oxygen atoms in total. The van der Waals surface area contributed by atoms with Crippen molar-refractivity contribution in [3.63, 3.8) is 0 Å². The zero-order valence-electron chi connectivity index (χ0n) is 12.3. The van der Waals surface area contributed by atoms with Crippen molar-refractivity contribution in [3.05, 3.63) is 60.2 Å². The third-order valence-corrected chi connectivity index (χ3v) is 2.14.